The van der Waals surface area contributed by atoms with Gasteiger partial charge in [-0.05, 0) is 34.6 Å². The Labute approximate surface area is 206 Å². The summed E-state index contributed by atoms with van der Waals surface area (Å²) in [5.41, 5.74) is 4.72. The number of carbonyl (C=O) groups is 3. The molecule has 2 aliphatic carbocycles. The van der Waals surface area contributed by atoms with Crippen LogP contribution >= 0.6 is 11.3 Å². The number of carboxylic acid groups (broad SMARTS) is 1. The Morgan fingerprint density at radius 2 is 1.71 bits per heavy atom. The van der Waals surface area contributed by atoms with Crippen LogP contribution in [0.4, 0.5) is 4.79 Å². The lowest BCUT2D eigenvalue weighted by Crippen LogP contribution is -2.31. The number of ether oxygens (including phenoxy) is 1. The molecule has 5 rings (SSSR count). The second-order valence-corrected chi connectivity index (χ2v) is 9.72. The van der Waals surface area contributed by atoms with E-state index in [1.165, 1.54) is 27.8 Å². The summed E-state index contributed by atoms with van der Waals surface area (Å²) in [6.07, 6.45) is 0.727. The maximum atomic E-state index is 12.3. The number of hydrogen-bond donors (Lipinski definition) is 3. The van der Waals surface area contributed by atoms with Crippen molar-refractivity contribution < 1.29 is 24.2 Å². The normalized spacial score (nSPS) is 17.8. The van der Waals surface area contributed by atoms with E-state index in [2.05, 4.69) is 39.9 Å². The van der Waals surface area contributed by atoms with E-state index in [1.807, 2.05) is 24.3 Å². The number of thiazole rings is 1. The van der Waals surface area contributed by atoms with Crippen molar-refractivity contribution in [2.75, 3.05) is 19.7 Å². The van der Waals surface area contributed by atoms with Crippen LogP contribution in [0.1, 0.15) is 39.0 Å². The summed E-state index contributed by atoms with van der Waals surface area (Å²) in [5.74, 6) is -1.14. The van der Waals surface area contributed by atoms with Gasteiger partial charge in [0.15, 0.2) is 5.69 Å². The Morgan fingerprint density at radius 3 is 2.37 bits per heavy atom. The Kier molecular flexibility index (Phi) is 6.50. The molecule has 9 heteroatoms. The third-order valence-electron chi connectivity index (χ3n) is 6.52. The van der Waals surface area contributed by atoms with E-state index in [0.717, 1.165) is 17.5 Å². The topological polar surface area (TPSA) is 118 Å². The summed E-state index contributed by atoms with van der Waals surface area (Å²) >= 11 is 1.27. The summed E-state index contributed by atoms with van der Waals surface area (Å²) in [7, 11) is 0. The van der Waals surface area contributed by atoms with Gasteiger partial charge in [0.1, 0.15) is 6.61 Å². The highest BCUT2D eigenvalue weighted by Gasteiger charge is 2.42. The molecule has 2 atom stereocenters. The summed E-state index contributed by atoms with van der Waals surface area (Å²) in [6, 6.07) is 16.4. The number of nitrogens with zero attached hydrogens (tertiary/aromatic N) is 1. The molecule has 0 bridgehead atoms. The maximum absolute atomic E-state index is 12.3. The molecule has 1 aromatic heterocycles. The van der Waals surface area contributed by atoms with Crippen LogP contribution in [0.5, 0.6) is 0 Å². The number of alkyl carbamates (subject to hydrolysis) is 1. The van der Waals surface area contributed by atoms with Crippen molar-refractivity contribution in [2.45, 2.75) is 18.8 Å². The second-order valence-electron chi connectivity index (χ2n) is 8.78. The summed E-state index contributed by atoms with van der Waals surface area (Å²) in [6.45, 7) is 1.05. The molecule has 3 N–H and O–H groups in total. The van der Waals surface area contributed by atoms with Gasteiger partial charge in [0, 0.05) is 36.7 Å². The molecule has 0 saturated heterocycles. The first-order valence-corrected chi connectivity index (χ1v) is 12.4. The number of aromatic nitrogens is 1. The molecule has 2 aromatic carbocycles. The molecule has 0 aliphatic heterocycles. The maximum Gasteiger partial charge on any atom is 0.407 e. The van der Waals surface area contributed by atoms with Gasteiger partial charge in [0.05, 0.1) is 5.01 Å². The van der Waals surface area contributed by atoms with Crippen molar-refractivity contribution >= 4 is 29.3 Å². The number of benzene rings is 2. The molecule has 1 saturated carbocycles. The van der Waals surface area contributed by atoms with Gasteiger partial charge in [-0.15, -0.1) is 11.3 Å². The van der Waals surface area contributed by atoms with Crippen molar-refractivity contribution in [3.05, 3.63) is 75.7 Å². The average molecular weight is 492 g/mol. The fourth-order valence-corrected chi connectivity index (χ4v) is 5.38. The van der Waals surface area contributed by atoms with Gasteiger partial charge < -0.3 is 20.5 Å². The molecular weight excluding hydrogens is 466 g/mol. The standard InChI is InChI=1S/C26H25N3O5S/c30-24(27-10-9-23-29-22(14-35-23)25(31)32)20-11-15(20)12-28-26(33)34-13-21-18-7-3-1-5-16(18)17-6-2-4-8-19(17)21/h1-8,14-15,20-21H,9-13H2,(H,27,30)(H,28,33)(H,31,32). The minimum atomic E-state index is -1.05. The number of nitrogens with one attached hydrogen (secondary N) is 2. The van der Waals surface area contributed by atoms with Gasteiger partial charge in [0.2, 0.25) is 5.91 Å². The zero-order valence-corrected chi connectivity index (χ0v) is 19.7. The number of amides is 2. The van der Waals surface area contributed by atoms with Gasteiger partial charge in [-0.25, -0.2) is 14.6 Å². The highest BCUT2D eigenvalue weighted by Crippen LogP contribution is 2.44. The monoisotopic (exact) mass is 491 g/mol. The van der Waals surface area contributed by atoms with Crippen LogP contribution in [0.2, 0.25) is 0 Å². The molecule has 2 amide bonds. The fourth-order valence-electron chi connectivity index (χ4n) is 4.61. The summed E-state index contributed by atoms with van der Waals surface area (Å²) < 4.78 is 5.55. The van der Waals surface area contributed by atoms with E-state index in [9.17, 15) is 14.4 Å². The molecule has 0 radical (unpaired) electrons. The van der Waals surface area contributed by atoms with Crippen molar-refractivity contribution in [2.24, 2.45) is 11.8 Å². The van der Waals surface area contributed by atoms with Crippen LogP contribution in [0, 0.1) is 11.8 Å². The van der Waals surface area contributed by atoms with Crippen molar-refractivity contribution in [3.8, 4) is 11.1 Å². The minimum Gasteiger partial charge on any atom is -0.476 e. The van der Waals surface area contributed by atoms with Crippen molar-refractivity contribution in [1.82, 2.24) is 15.6 Å². The van der Waals surface area contributed by atoms with Crippen molar-refractivity contribution in [3.63, 3.8) is 0 Å². The predicted molar refractivity (Wildman–Crippen MR) is 130 cm³/mol. The quantitative estimate of drug-likeness (QED) is 0.420. The Morgan fingerprint density at radius 1 is 1.03 bits per heavy atom. The molecule has 2 aliphatic rings. The minimum absolute atomic E-state index is 0.0111. The number of aromatic carboxylic acids is 1. The lowest BCUT2D eigenvalue weighted by atomic mass is 9.98. The predicted octanol–water partition coefficient (Wildman–Crippen LogP) is 3.67. The molecular formula is C26H25N3O5S. The van der Waals surface area contributed by atoms with Crippen molar-refractivity contribution in [1.29, 1.82) is 0 Å². The van der Waals surface area contributed by atoms with E-state index in [4.69, 9.17) is 9.84 Å². The summed E-state index contributed by atoms with van der Waals surface area (Å²) in [4.78, 5) is 39.6. The van der Waals surface area contributed by atoms with E-state index >= 15 is 0 Å². The Bertz CT molecular complexity index is 1230. The van der Waals surface area contributed by atoms with Crippen LogP contribution in [0.25, 0.3) is 11.1 Å². The lowest BCUT2D eigenvalue weighted by Gasteiger charge is -2.14. The molecule has 1 fully saturated rings. The van der Waals surface area contributed by atoms with Crippen LogP contribution in [0.15, 0.2) is 53.9 Å². The Hall–Kier alpha value is -3.72. The highest BCUT2D eigenvalue weighted by atomic mass is 32.1. The summed E-state index contributed by atoms with van der Waals surface area (Å²) in [5, 5.41) is 16.7. The molecule has 35 heavy (non-hydrogen) atoms. The third-order valence-corrected chi connectivity index (χ3v) is 7.43. The first-order chi connectivity index (χ1) is 17.0. The van der Waals surface area contributed by atoms with Crippen LogP contribution in [-0.4, -0.2) is 47.8 Å². The van der Waals surface area contributed by atoms with Gasteiger partial charge >= 0.3 is 12.1 Å². The van der Waals surface area contributed by atoms with E-state index in [0.29, 0.717) is 24.5 Å². The number of hydrogen-bond acceptors (Lipinski definition) is 6. The first-order valence-electron chi connectivity index (χ1n) is 11.6. The number of carboxylic acids is 1. The number of carbonyl (C=O) groups excluding carboxylic acids is 2. The molecule has 3 aromatic rings. The van der Waals surface area contributed by atoms with Crippen LogP contribution < -0.4 is 10.6 Å². The van der Waals surface area contributed by atoms with E-state index in [1.54, 1.807) is 0 Å². The van der Waals surface area contributed by atoms with Crippen LogP contribution in [0.3, 0.4) is 0 Å². The molecule has 180 valence electrons. The van der Waals surface area contributed by atoms with Gasteiger partial charge in [0.25, 0.3) is 0 Å². The van der Waals surface area contributed by atoms with E-state index < -0.39 is 12.1 Å². The first kappa shape index (κ1) is 23.0. The number of rotatable bonds is 9. The highest BCUT2D eigenvalue weighted by molar-refractivity contribution is 7.09. The van der Waals surface area contributed by atoms with E-state index in [-0.39, 0.29) is 36.0 Å². The number of fused-ring (bicyclic) bond motifs is 3. The molecule has 0 spiro atoms. The smallest absolute Gasteiger partial charge is 0.407 e. The van der Waals surface area contributed by atoms with Gasteiger partial charge in [-0.2, -0.15) is 0 Å². The zero-order chi connectivity index (χ0) is 24.4. The Balaban J connectivity index is 1.03. The van der Waals surface area contributed by atoms with Gasteiger partial charge in [-0.3, -0.25) is 4.79 Å². The third kappa shape index (κ3) is 5.05. The average Bonchev–Trinajstić information content (AvgIpc) is 3.36. The largest absolute Gasteiger partial charge is 0.476 e. The van der Waals surface area contributed by atoms with Gasteiger partial charge in [-0.1, -0.05) is 48.5 Å². The lowest BCUT2D eigenvalue weighted by molar-refractivity contribution is -0.122. The SMILES string of the molecule is O=C(NCC1CC1C(=O)NCCc1nc(C(=O)O)cs1)OCC1c2ccccc2-c2ccccc21. The fraction of sp³-hybridized carbons (Fsp3) is 0.308. The zero-order valence-electron chi connectivity index (χ0n) is 18.9. The molecule has 8 nitrogen and oxygen atoms in total. The van der Waals surface area contributed by atoms with Crippen LogP contribution in [-0.2, 0) is 16.0 Å². The molecule has 2 unspecified atom stereocenters. The molecule has 1 heterocycles. The second kappa shape index (κ2) is 9.87.